The van der Waals surface area contributed by atoms with Crippen molar-refractivity contribution in [2.45, 2.75) is 39.9 Å². The lowest BCUT2D eigenvalue weighted by molar-refractivity contribution is 0.0666. The van der Waals surface area contributed by atoms with Crippen LogP contribution in [0.15, 0.2) is 18.5 Å². The minimum atomic E-state index is -2.54. The first-order valence-electron chi connectivity index (χ1n) is 6.59. The zero-order valence-corrected chi connectivity index (χ0v) is 11.7. The summed E-state index contributed by atoms with van der Waals surface area (Å²) in [4.78, 5) is 3.91. The van der Waals surface area contributed by atoms with Crippen LogP contribution in [0.25, 0.3) is 0 Å². The molecule has 0 radical (unpaired) electrons. The number of hydrogen-bond donors (Lipinski definition) is 1. The highest BCUT2D eigenvalue weighted by Gasteiger charge is 2.10. The highest BCUT2D eigenvalue weighted by molar-refractivity contribution is 5.06. The van der Waals surface area contributed by atoms with Gasteiger partial charge in [0.15, 0.2) is 0 Å². The third kappa shape index (κ3) is 3.63. The normalized spacial score (nSPS) is 11.4. The number of nitrogens with one attached hydrogen (secondary N) is 1. The zero-order chi connectivity index (χ0) is 14.5. The molecule has 0 bridgehead atoms. The topological polar surface area (TPSA) is 47.7 Å². The molecule has 0 spiro atoms. The standard InChI is InChI=1S/C13H19F2N5/c1-10-8-11(2)20(18-10)6-3-4-16-9-12-17-5-7-19(12)13(14)15/h5,7-8,13,16H,3-4,6,9H2,1-2H3. The van der Waals surface area contributed by atoms with Crippen LogP contribution in [0.3, 0.4) is 0 Å². The Bertz CT molecular complexity index is 547. The summed E-state index contributed by atoms with van der Waals surface area (Å²) in [5.41, 5.74) is 2.14. The molecule has 0 saturated heterocycles. The number of aryl methyl sites for hydroxylation is 3. The maximum atomic E-state index is 12.6. The molecule has 20 heavy (non-hydrogen) atoms. The molecule has 5 nitrogen and oxygen atoms in total. The predicted molar refractivity (Wildman–Crippen MR) is 71.5 cm³/mol. The highest BCUT2D eigenvalue weighted by Crippen LogP contribution is 2.11. The van der Waals surface area contributed by atoms with Crippen LogP contribution in [0.2, 0.25) is 0 Å². The molecule has 0 aliphatic rings. The largest absolute Gasteiger partial charge is 0.319 e. The van der Waals surface area contributed by atoms with E-state index in [0.717, 1.165) is 35.5 Å². The second-order valence-electron chi connectivity index (χ2n) is 4.71. The van der Waals surface area contributed by atoms with E-state index in [4.69, 9.17) is 0 Å². The van der Waals surface area contributed by atoms with Gasteiger partial charge in [0.2, 0.25) is 0 Å². The lowest BCUT2D eigenvalue weighted by Crippen LogP contribution is -2.20. The fourth-order valence-electron chi connectivity index (χ4n) is 2.11. The number of hydrogen-bond acceptors (Lipinski definition) is 3. The SMILES string of the molecule is Cc1cc(C)n(CCCNCc2nccn2C(F)F)n1. The van der Waals surface area contributed by atoms with Crippen LogP contribution in [-0.4, -0.2) is 25.9 Å². The Morgan fingerprint density at radius 1 is 1.35 bits per heavy atom. The molecule has 0 aliphatic heterocycles. The molecule has 110 valence electrons. The molecule has 0 aliphatic carbocycles. The van der Waals surface area contributed by atoms with Crippen LogP contribution in [0, 0.1) is 13.8 Å². The predicted octanol–water partition coefficient (Wildman–Crippen LogP) is 2.27. The molecule has 0 aromatic carbocycles. The zero-order valence-electron chi connectivity index (χ0n) is 11.7. The van der Waals surface area contributed by atoms with Crippen molar-refractivity contribution in [3.63, 3.8) is 0 Å². The number of rotatable bonds is 7. The van der Waals surface area contributed by atoms with Gasteiger partial charge in [-0.05, 0) is 32.9 Å². The fraction of sp³-hybridized carbons (Fsp3) is 0.538. The number of halogens is 2. The Kier molecular flexibility index (Phi) is 4.84. The third-order valence-electron chi connectivity index (χ3n) is 3.07. The number of aromatic nitrogens is 4. The van der Waals surface area contributed by atoms with Gasteiger partial charge in [0.25, 0.3) is 0 Å². The van der Waals surface area contributed by atoms with Crippen molar-refractivity contribution >= 4 is 0 Å². The first-order valence-corrected chi connectivity index (χ1v) is 6.59. The number of imidazole rings is 1. The lowest BCUT2D eigenvalue weighted by atomic mass is 10.4. The summed E-state index contributed by atoms with van der Waals surface area (Å²) in [6.45, 7) is 3.33. The van der Waals surface area contributed by atoms with E-state index < -0.39 is 6.55 Å². The Balaban J connectivity index is 1.71. The maximum Gasteiger partial charge on any atom is 0.319 e. The molecule has 7 heteroatoms. The van der Waals surface area contributed by atoms with Gasteiger partial charge in [-0.15, -0.1) is 0 Å². The minimum absolute atomic E-state index is 0.342. The second-order valence-corrected chi connectivity index (χ2v) is 4.71. The Hall–Kier alpha value is -1.76. The Morgan fingerprint density at radius 2 is 2.15 bits per heavy atom. The van der Waals surface area contributed by atoms with Gasteiger partial charge < -0.3 is 5.32 Å². The summed E-state index contributed by atoms with van der Waals surface area (Å²) in [6.07, 6.45) is 3.56. The van der Waals surface area contributed by atoms with E-state index >= 15 is 0 Å². The molecule has 1 N–H and O–H groups in total. The first kappa shape index (κ1) is 14.6. The lowest BCUT2D eigenvalue weighted by Gasteiger charge is -2.08. The molecule has 0 fully saturated rings. The van der Waals surface area contributed by atoms with Crippen molar-refractivity contribution < 1.29 is 8.78 Å². The Labute approximate surface area is 116 Å². The minimum Gasteiger partial charge on any atom is -0.310 e. The number of nitrogens with zero attached hydrogens (tertiary/aromatic N) is 4. The van der Waals surface area contributed by atoms with Crippen LogP contribution in [0.5, 0.6) is 0 Å². The van der Waals surface area contributed by atoms with E-state index in [1.165, 1.54) is 12.4 Å². The summed E-state index contributed by atoms with van der Waals surface area (Å²) in [7, 11) is 0. The van der Waals surface area contributed by atoms with Crippen molar-refractivity contribution in [2.24, 2.45) is 0 Å². The van der Waals surface area contributed by atoms with Crippen LogP contribution in [0.4, 0.5) is 8.78 Å². The van der Waals surface area contributed by atoms with Gasteiger partial charge in [0, 0.05) is 24.6 Å². The van der Waals surface area contributed by atoms with Crippen LogP contribution in [-0.2, 0) is 13.1 Å². The van der Waals surface area contributed by atoms with Gasteiger partial charge in [0.05, 0.1) is 12.2 Å². The van der Waals surface area contributed by atoms with Crippen molar-refractivity contribution in [3.8, 4) is 0 Å². The van der Waals surface area contributed by atoms with Crippen LogP contribution in [0.1, 0.15) is 30.2 Å². The summed E-state index contributed by atoms with van der Waals surface area (Å²) in [5, 5.41) is 7.49. The summed E-state index contributed by atoms with van der Waals surface area (Å²) < 4.78 is 28.0. The third-order valence-corrected chi connectivity index (χ3v) is 3.07. The molecule has 2 rings (SSSR count). The van der Waals surface area contributed by atoms with E-state index in [9.17, 15) is 8.78 Å². The van der Waals surface area contributed by atoms with E-state index in [2.05, 4.69) is 15.4 Å². The van der Waals surface area contributed by atoms with Gasteiger partial charge in [0.1, 0.15) is 5.82 Å². The molecule has 0 unspecified atom stereocenters. The Morgan fingerprint density at radius 3 is 2.80 bits per heavy atom. The number of alkyl halides is 2. The molecule has 2 heterocycles. The molecular formula is C13H19F2N5. The molecule has 0 saturated carbocycles. The van der Waals surface area contributed by atoms with E-state index in [1.807, 2.05) is 24.6 Å². The smallest absolute Gasteiger partial charge is 0.310 e. The molecule has 0 amide bonds. The highest BCUT2D eigenvalue weighted by atomic mass is 19.3. The van der Waals surface area contributed by atoms with E-state index in [-0.39, 0.29) is 0 Å². The van der Waals surface area contributed by atoms with Crippen LogP contribution >= 0.6 is 0 Å². The van der Waals surface area contributed by atoms with Crippen molar-refractivity contribution in [2.75, 3.05) is 6.54 Å². The van der Waals surface area contributed by atoms with Crippen molar-refractivity contribution in [3.05, 3.63) is 35.7 Å². The van der Waals surface area contributed by atoms with Crippen molar-refractivity contribution in [1.82, 2.24) is 24.6 Å². The average molecular weight is 283 g/mol. The molecule has 2 aromatic rings. The summed E-state index contributed by atoms with van der Waals surface area (Å²) >= 11 is 0. The van der Waals surface area contributed by atoms with Gasteiger partial charge in [-0.25, -0.2) is 4.98 Å². The average Bonchev–Trinajstić information content (AvgIpc) is 2.96. The van der Waals surface area contributed by atoms with Gasteiger partial charge >= 0.3 is 6.55 Å². The quantitative estimate of drug-likeness (QED) is 0.793. The second kappa shape index (κ2) is 6.60. The summed E-state index contributed by atoms with van der Waals surface area (Å²) in [6, 6.07) is 2.03. The molecule has 2 aromatic heterocycles. The van der Waals surface area contributed by atoms with E-state index in [1.54, 1.807) is 0 Å². The maximum absolute atomic E-state index is 12.6. The van der Waals surface area contributed by atoms with E-state index in [0.29, 0.717) is 12.4 Å². The van der Waals surface area contributed by atoms with Gasteiger partial charge in [-0.3, -0.25) is 9.25 Å². The van der Waals surface area contributed by atoms with Gasteiger partial charge in [-0.2, -0.15) is 13.9 Å². The fourth-order valence-corrected chi connectivity index (χ4v) is 2.11. The summed E-state index contributed by atoms with van der Waals surface area (Å²) in [5.74, 6) is 0.353. The van der Waals surface area contributed by atoms with Crippen LogP contribution < -0.4 is 5.32 Å². The monoisotopic (exact) mass is 283 g/mol. The van der Waals surface area contributed by atoms with Gasteiger partial charge in [-0.1, -0.05) is 0 Å². The first-order chi connectivity index (χ1) is 9.58. The van der Waals surface area contributed by atoms with Crippen molar-refractivity contribution in [1.29, 1.82) is 0 Å². The molecular weight excluding hydrogens is 264 g/mol. The molecule has 0 atom stereocenters.